The fourth-order valence-electron chi connectivity index (χ4n) is 2.87. The summed E-state index contributed by atoms with van der Waals surface area (Å²) in [5.41, 5.74) is 0. The molecule has 2 fully saturated rings. The quantitative estimate of drug-likeness (QED) is 0.751. The molecule has 5 heteroatoms. The summed E-state index contributed by atoms with van der Waals surface area (Å²) in [4.78, 5) is 24.4. The Labute approximate surface area is 101 Å². The van der Waals surface area contributed by atoms with Crippen LogP contribution in [-0.4, -0.2) is 47.6 Å². The lowest BCUT2D eigenvalue weighted by Gasteiger charge is -2.25. The molecule has 2 N–H and O–H groups in total. The largest absolute Gasteiger partial charge is 0.481 e. The van der Waals surface area contributed by atoms with Gasteiger partial charge < -0.3 is 10.4 Å². The number of rotatable bonds is 3. The lowest BCUT2D eigenvalue weighted by atomic mass is 10.0. The first-order chi connectivity index (χ1) is 8.15. The van der Waals surface area contributed by atoms with E-state index < -0.39 is 5.97 Å². The Morgan fingerprint density at radius 2 is 2.29 bits per heavy atom. The number of amides is 1. The molecular weight excluding hydrogens is 220 g/mol. The third kappa shape index (κ3) is 3.43. The minimum Gasteiger partial charge on any atom is -0.481 e. The van der Waals surface area contributed by atoms with Crippen molar-refractivity contribution >= 4 is 11.9 Å². The van der Waals surface area contributed by atoms with Crippen LogP contribution < -0.4 is 5.32 Å². The first kappa shape index (κ1) is 12.4. The molecule has 0 aromatic heterocycles. The molecule has 96 valence electrons. The van der Waals surface area contributed by atoms with Gasteiger partial charge in [-0.05, 0) is 31.7 Å². The predicted molar refractivity (Wildman–Crippen MR) is 62.6 cm³/mol. The molecule has 17 heavy (non-hydrogen) atoms. The average molecular weight is 240 g/mol. The molecule has 0 spiro atoms. The highest BCUT2D eigenvalue weighted by Gasteiger charge is 2.31. The van der Waals surface area contributed by atoms with Gasteiger partial charge in [0.2, 0.25) is 5.91 Å². The monoisotopic (exact) mass is 240 g/mol. The molecule has 0 aromatic carbocycles. The number of hydrogen-bond donors (Lipinski definition) is 2. The molecule has 2 unspecified atom stereocenters. The molecule has 1 amide bonds. The Bertz CT molecular complexity index is 306. The first-order valence-electron chi connectivity index (χ1n) is 6.37. The van der Waals surface area contributed by atoms with Crippen molar-refractivity contribution in [3.8, 4) is 0 Å². The van der Waals surface area contributed by atoms with Crippen LogP contribution in [0.1, 0.15) is 32.1 Å². The Hall–Kier alpha value is -1.10. The summed E-state index contributed by atoms with van der Waals surface area (Å²) >= 11 is 0. The van der Waals surface area contributed by atoms with Crippen LogP contribution in [0, 0.1) is 5.92 Å². The topological polar surface area (TPSA) is 69.6 Å². The molecule has 0 saturated carbocycles. The zero-order valence-corrected chi connectivity index (χ0v) is 10.0. The highest BCUT2D eigenvalue weighted by Crippen LogP contribution is 2.25. The van der Waals surface area contributed by atoms with E-state index in [1.807, 2.05) is 0 Å². The second-order valence-corrected chi connectivity index (χ2v) is 5.10. The highest BCUT2D eigenvalue weighted by atomic mass is 16.4. The molecule has 2 atom stereocenters. The van der Waals surface area contributed by atoms with Crippen LogP contribution in [0.4, 0.5) is 0 Å². The van der Waals surface area contributed by atoms with Crippen LogP contribution in [0.15, 0.2) is 0 Å². The summed E-state index contributed by atoms with van der Waals surface area (Å²) in [7, 11) is 0. The molecule has 0 aromatic rings. The summed E-state index contributed by atoms with van der Waals surface area (Å²) in [5.74, 6) is -0.316. The smallest absolute Gasteiger partial charge is 0.303 e. The third-order valence-corrected chi connectivity index (χ3v) is 3.75. The number of likely N-dealkylation sites (tertiary alicyclic amines) is 1. The molecule has 2 aliphatic rings. The summed E-state index contributed by atoms with van der Waals surface area (Å²) in [5, 5.41) is 11.7. The highest BCUT2D eigenvalue weighted by molar-refractivity contribution is 5.76. The van der Waals surface area contributed by atoms with Crippen LogP contribution >= 0.6 is 0 Å². The van der Waals surface area contributed by atoms with E-state index in [4.69, 9.17) is 5.11 Å². The summed E-state index contributed by atoms with van der Waals surface area (Å²) in [6.07, 6.45) is 3.84. The van der Waals surface area contributed by atoms with Gasteiger partial charge in [0.1, 0.15) is 0 Å². The Morgan fingerprint density at radius 1 is 1.47 bits per heavy atom. The molecule has 2 heterocycles. The van der Waals surface area contributed by atoms with Gasteiger partial charge in [-0.3, -0.25) is 14.5 Å². The van der Waals surface area contributed by atoms with E-state index in [-0.39, 0.29) is 18.2 Å². The van der Waals surface area contributed by atoms with Crippen molar-refractivity contribution in [1.29, 1.82) is 0 Å². The maximum absolute atomic E-state index is 11.5. The van der Waals surface area contributed by atoms with Crippen molar-refractivity contribution in [2.75, 3.05) is 19.6 Å². The molecule has 2 rings (SSSR count). The van der Waals surface area contributed by atoms with Crippen LogP contribution in [-0.2, 0) is 9.59 Å². The fraction of sp³-hybridized carbons (Fsp3) is 0.833. The van der Waals surface area contributed by atoms with E-state index in [1.54, 1.807) is 0 Å². The number of carboxylic acid groups (broad SMARTS) is 1. The number of carbonyl (C=O) groups is 2. The lowest BCUT2D eigenvalue weighted by Crippen LogP contribution is -2.35. The minimum absolute atomic E-state index is 0.134. The Morgan fingerprint density at radius 3 is 3.06 bits per heavy atom. The van der Waals surface area contributed by atoms with Crippen LogP contribution in [0.5, 0.6) is 0 Å². The minimum atomic E-state index is -0.713. The van der Waals surface area contributed by atoms with E-state index in [9.17, 15) is 9.59 Å². The van der Waals surface area contributed by atoms with Gasteiger partial charge in [0.15, 0.2) is 0 Å². The first-order valence-corrected chi connectivity index (χ1v) is 6.37. The van der Waals surface area contributed by atoms with E-state index in [0.29, 0.717) is 12.5 Å². The van der Waals surface area contributed by atoms with Gasteiger partial charge in [-0.25, -0.2) is 0 Å². The number of nitrogens with zero attached hydrogens (tertiary/aromatic N) is 1. The number of hydrogen-bond acceptors (Lipinski definition) is 3. The molecule has 2 saturated heterocycles. The maximum atomic E-state index is 11.5. The van der Waals surface area contributed by atoms with Crippen molar-refractivity contribution in [1.82, 2.24) is 10.2 Å². The van der Waals surface area contributed by atoms with Crippen molar-refractivity contribution in [3.05, 3.63) is 0 Å². The molecule has 2 aliphatic heterocycles. The van der Waals surface area contributed by atoms with E-state index in [2.05, 4.69) is 10.2 Å². The molecular formula is C12H20N2O3. The van der Waals surface area contributed by atoms with Crippen LogP contribution in [0.2, 0.25) is 0 Å². The lowest BCUT2D eigenvalue weighted by molar-refractivity contribution is -0.138. The standard InChI is InChI=1S/C12H20N2O3/c15-11-7-10(2-1-4-13-11)14-5-3-9(8-14)6-12(16)17/h9-10H,1-8H2,(H,13,15)(H,16,17). The van der Waals surface area contributed by atoms with Gasteiger partial charge in [-0.2, -0.15) is 0 Å². The number of carbonyl (C=O) groups excluding carboxylic acids is 1. The van der Waals surface area contributed by atoms with E-state index >= 15 is 0 Å². The van der Waals surface area contributed by atoms with Gasteiger partial charge in [-0.1, -0.05) is 0 Å². The van der Waals surface area contributed by atoms with Crippen LogP contribution in [0.3, 0.4) is 0 Å². The zero-order chi connectivity index (χ0) is 12.3. The van der Waals surface area contributed by atoms with E-state index in [0.717, 1.165) is 38.9 Å². The van der Waals surface area contributed by atoms with Gasteiger partial charge in [0.05, 0.1) is 0 Å². The normalized spacial score (nSPS) is 30.9. The predicted octanol–water partition coefficient (Wildman–Crippen LogP) is 0.452. The molecule has 5 nitrogen and oxygen atoms in total. The second-order valence-electron chi connectivity index (χ2n) is 5.10. The van der Waals surface area contributed by atoms with Crippen molar-refractivity contribution in [2.45, 2.75) is 38.1 Å². The van der Waals surface area contributed by atoms with Crippen molar-refractivity contribution in [3.63, 3.8) is 0 Å². The van der Waals surface area contributed by atoms with Crippen molar-refractivity contribution < 1.29 is 14.7 Å². The van der Waals surface area contributed by atoms with Gasteiger partial charge in [0, 0.05) is 32.0 Å². The SMILES string of the molecule is O=C(O)CC1CCN(C2CCCNC(=O)C2)C1. The third-order valence-electron chi connectivity index (χ3n) is 3.75. The van der Waals surface area contributed by atoms with Crippen LogP contribution in [0.25, 0.3) is 0 Å². The van der Waals surface area contributed by atoms with E-state index in [1.165, 1.54) is 0 Å². The Balaban J connectivity index is 1.86. The number of nitrogens with one attached hydrogen (secondary N) is 1. The number of aliphatic carboxylic acids is 1. The average Bonchev–Trinajstić information content (AvgIpc) is 2.59. The maximum Gasteiger partial charge on any atom is 0.303 e. The summed E-state index contributed by atoms with van der Waals surface area (Å²) < 4.78 is 0. The Kier molecular flexibility index (Phi) is 3.99. The number of carboxylic acids is 1. The van der Waals surface area contributed by atoms with Gasteiger partial charge >= 0.3 is 5.97 Å². The molecule has 0 aliphatic carbocycles. The zero-order valence-electron chi connectivity index (χ0n) is 10.0. The van der Waals surface area contributed by atoms with Crippen molar-refractivity contribution in [2.24, 2.45) is 5.92 Å². The summed E-state index contributed by atoms with van der Waals surface area (Å²) in [6, 6.07) is 0.316. The summed E-state index contributed by atoms with van der Waals surface area (Å²) in [6.45, 7) is 2.56. The second kappa shape index (κ2) is 5.49. The molecule has 0 radical (unpaired) electrons. The van der Waals surface area contributed by atoms with Gasteiger partial charge in [0.25, 0.3) is 0 Å². The molecule has 0 bridgehead atoms. The fourth-order valence-corrected chi connectivity index (χ4v) is 2.87. The van der Waals surface area contributed by atoms with Gasteiger partial charge in [-0.15, -0.1) is 0 Å².